The highest BCUT2D eigenvalue weighted by Gasteiger charge is 2.23. The van der Waals surface area contributed by atoms with E-state index in [2.05, 4.69) is 58.8 Å². The van der Waals surface area contributed by atoms with Crippen LogP contribution in [0.5, 0.6) is 0 Å². The highest BCUT2D eigenvalue weighted by Crippen LogP contribution is 2.41. The predicted octanol–water partition coefficient (Wildman–Crippen LogP) is 4.11. The van der Waals surface area contributed by atoms with Crippen LogP contribution in [-0.2, 0) is 0 Å². The summed E-state index contributed by atoms with van der Waals surface area (Å²) in [6, 6.07) is 18.7. The molecule has 1 aliphatic heterocycles. The van der Waals surface area contributed by atoms with Gasteiger partial charge in [0.2, 0.25) is 0 Å². The summed E-state index contributed by atoms with van der Waals surface area (Å²) in [4.78, 5) is 2.23. The van der Waals surface area contributed by atoms with E-state index >= 15 is 0 Å². The molecule has 0 saturated carbocycles. The first-order valence-electron chi connectivity index (χ1n) is 5.77. The van der Waals surface area contributed by atoms with Gasteiger partial charge in [0.15, 0.2) is 0 Å². The number of hydrogen-bond donors (Lipinski definition) is 1. The van der Waals surface area contributed by atoms with Gasteiger partial charge in [-0.3, -0.25) is 4.90 Å². The van der Waals surface area contributed by atoms with Crippen LogP contribution < -0.4 is 10.2 Å². The van der Waals surface area contributed by atoms with E-state index in [1.54, 1.807) is 0 Å². The first-order chi connectivity index (χ1) is 8.40. The van der Waals surface area contributed by atoms with Crippen molar-refractivity contribution in [2.75, 3.05) is 10.2 Å². The van der Waals surface area contributed by atoms with Crippen molar-refractivity contribution in [3.63, 3.8) is 0 Å². The van der Waals surface area contributed by atoms with Gasteiger partial charge in [0.25, 0.3) is 0 Å². The minimum atomic E-state index is 1.11. The minimum Gasteiger partial charge on any atom is -0.340 e. The first-order valence-corrected chi connectivity index (χ1v) is 5.77. The summed E-state index contributed by atoms with van der Waals surface area (Å²) in [5.74, 6) is 1.11. The van der Waals surface area contributed by atoms with Gasteiger partial charge in [0.1, 0.15) is 5.82 Å². The zero-order valence-electron chi connectivity index (χ0n) is 9.72. The molecule has 0 bridgehead atoms. The fourth-order valence-corrected chi connectivity index (χ4v) is 2.15. The van der Waals surface area contributed by atoms with E-state index in [9.17, 15) is 0 Å². The molecule has 0 saturated heterocycles. The van der Waals surface area contributed by atoms with Crippen LogP contribution in [0.25, 0.3) is 0 Å². The Labute approximate surface area is 101 Å². The molecule has 0 fully saturated rings. The topological polar surface area (TPSA) is 15.3 Å². The Morgan fingerprint density at radius 3 is 2.41 bits per heavy atom. The SMILES string of the molecule is C/C=C1\Nc2ccccc2N1c1ccccc1. The van der Waals surface area contributed by atoms with Gasteiger partial charge in [-0.15, -0.1) is 0 Å². The molecule has 0 amide bonds. The second-order valence-electron chi connectivity index (χ2n) is 3.99. The van der Waals surface area contributed by atoms with E-state index in [1.807, 2.05) is 19.1 Å². The van der Waals surface area contributed by atoms with Gasteiger partial charge in [-0.1, -0.05) is 30.3 Å². The second-order valence-corrected chi connectivity index (χ2v) is 3.99. The Morgan fingerprint density at radius 2 is 1.65 bits per heavy atom. The third-order valence-corrected chi connectivity index (χ3v) is 2.94. The summed E-state index contributed by atoms with van der Waals surface area (Å²) in [5.41, 5.74) is 3.54. The van der Waals surface area contributed by atoms with Gasteiger partial charge < -0.3 is 5.32 Å². The molecule has 0 aliphatic carbocycles. The predicted molar refractivity (Wildman–Crippen MR) is 72.4 cm³/mol. The number of rotatable bonds is 1. The van der Waals surface area contributed by atoms with Crippen molar-refractivity contribution in [3.8, 4) is 0 Å². The van der Waals surface area contributed by atoms with Crippen molar-refractivity contribution in [1.29, 1.82) is 0 Å². The van der Waals surface area contributed by atoms with Crippen molar-refractivity contribution in [3.05, 3.63) is 66.5 Å². The average molecular weight is 222 g/mol. The quantitative estimate of drug-likeness (QED) is 0.781. The Morgan fingerprint density at radius 1 is 0.941 bits per heavy atom. The molecule has 0 radical (unpaired) electrons. The van der Waals surface area contributed by atoms with Crippen LogP contribution in [0.1, 0.15) is 6.92 Å². The van der Waals surface area contributed by atoms with Crippen molar-refractivity contribution in [2.24, 2.45) is 0 Å². The van der Waals surface area contributed by atoms with Crippen molar-refractivity contribution < 1.29 is 0 Å². The Hall–Kier alpha value is -2.22. The molecule has 2 nitrogen and oxygen atoms in total. The van der Waals surface area contributed by atoms with Crippen molar-refractivity contribution >= 4 is 17.1 Å². The summed E-state index contributed by atoms with van der Waals surface area (Å²) in [6.07, 6.45) is 2.09. The number of nitrogens with one attached hydrogen (secondary N) is 1. The number of benzene rings is 2. The van der Waals surface area contributed by atoms with Crippen LogP contribution in [0.15, 0.2) is 66.5 Å². The summed E-state index contributed by atoms with van der Waals surface area (Å²) in [7, 11) is 0. The monoisotopic (exact) mass is 222 g/mol. The maximum absolute atomic E-state index is 3.42. The Bertz CT molecular complexity index is 558. The average Bonchev–Trinajstić information content (AvgIpc) is 2.78. The fourth-order valence-electron chi connectivity index (χ4n) is 2.15. The Kier molecular flexibility index (Phi) is 2.33. The lowest BCUT2D eigenvalue weighted by Crippen LogP contribution is -2.13. The Balaban J connectivity index is 2.15. The number of hydrogen-bond acceptors (Lipinski definition) is 2. The molecule has 1 aliphatic rings. The minimum absolute atomic E-state index is 1.11. The van der Waals surface area contributed by atoms with E-state index in [0.29, 0.717) is 0 Å². The molecule has 0 aromatic heterocycles. The van der Waals surface area contributed by atoms with Crippen molar-refractivity contribution in [1.82, 2.24) is 0 Å². The van der Waals surface area contributed by atoms with E-state index in [1.165, 1.54) is 11.4 Å². The standard InChI is InChI=1S/C15H14N2/c1-2-15-16-13-10-6-7-11-14(13)17(15)12-8-4-3-5-9-12/h2-11,16H,1H3/b15-2+. The lowest BCUT2D eigenvalue weighted by molar-refractivity contribution is 1.22. The summed E-state index contributed by atoms with van der Waals surface area (Å²) < 4.78 is 0. The first kappa shape index (κ1) is 9.97. The van der Waals surface area contributed by atoms with Crippen LogP contribution in [0.3, 0.4) is 0 Å². The lowest BCUT2D eigenvalue weighted by Gasteiger charge is -2.19. The molecule has 1 heterocycles. The molecule has 1 N–H and O–H groups in total. The van der Waals surface area contributed by atoms with Crippen LogP contribution >= 0.6 is 0 Å². The number of para-hydroxylation sites is 3. The molecule has 2 aromatic rings. The van der Waals surface area contributed by atoms with Crippen molar-refractivity contribution in [2.45, 2.75) is 6.92 Å². The van der Waals surface area contributed by atoms with Gasteiger partial charge >= 0.3 is 0 Å². The summed E-state index contributed by atoms with van der Waals surface area (Å²) in [6.45, 7) is 2.05. The second kappa shape index (κ2) is 3.98. The number of allylic oxidation sites excluding steroid dienone is 1. The van der Waals surface area contributed by atoms with Gasteiger partial charge in [-0.2, -0.15) is 0 Å². The highest BCUT2D eigenvalue weighted by atomic mass is 15.3. The van der Waals surface area contributed by atoms with Gasteiger partial charge in [0, 0.05) is 5.69 Å². The fraction of sp³-hybridized carbons (Fsp3) is 0.0667. The number of anilines is 3. The van der Waals surface area contributed by atoms with Gasteiger partial charge in [0.05, 0.1) is 11.4 Å². The molecule has 2 heteroatoms. The van der Waals surface area contributed by atoms with Crippen LogP contribution in [0, 0.1) is 0 Å². The normalized spacial score (nSPS) is 15.8. The van der Waals surface area contributed by atoms with Crippen LogP contribution in [-0.4, -0.2) is 0 Å². The van der Waals surface area contributed by atoms with E-state index in [4.69, 9.17) is 0 Å². The molecule has 2 aromatic carbocycles. The lowest BCUT2D eigenvalue weighted by atomic mass is 10.2. The van der Waals surface area contributed by atoms with Gasteiger partial charge in [-0.25, -0.2) is 0 Å². The molecule has 0 unspecified atom stereocenters. The zero-order chi connectivity index (χ0) is 11.7. The third kappa shape index (κ3) is 1.58. The molecular weight excluding hydrogens is 208 g/mol. The maximum atomic E-state index is 3.42. The number of nitrogens with zero attached hydrogens (tertiary/aromatic N) is 1. The van der Waals surface area contributed by atoms with E-state index in [-0.39, 0.29) is 0 Å². The summed E-state index contributed by atoms with van der Waals surface area (Å²) in [5, 5.41) is 3.42. The molecule has 3 rings (SSSR count). The van der Waals surface area contributed by atoms with Gasteiger partial charge in [-0.05, 0) is 37.3 Å². The smallest absolute Gasteiger partial charge is 0.111 e. The molecule has 0 spiro atoms. The number of fused-ring (bicyclic) bond motifs is 1. The zero-order valence-corrected chi connectivity index (χ0v) is 9.72. The van der Waals surface area contributed by atoms with Crippen LogP contribution in [0.2, 0.25) is 0 Å². The largest absolute Gasteiger partial charge is 0.340 e. The molecule has 84 valence electrons. The molecule has 17 heavy (non-hydrogen) atoms. The molecule has 0 atom stereocenters. The molecular formula is C15H14N2. The third-order valence-electron chi connectivity index (χ3n) is 2.94. The van der Waals surface area contributed by atoms with E-state index < -0.39 is 0 Å². The van der Waals surface area contributed by atoms with Crippen LogP contribution in [0.4, 0.5) is 17.1 Å². The highest BCUT2D eigenvalue weighted by molar-refractivity contribution is 5.87. The van der Waals surface area contributed by atoms with E-state index in [0.717, 1.165) is 11.5 Å². The summed E-state index contributed by atoms with van der Waals surface area (Å²) >= 11 is 0. The maximum Gasteiger partial charge on any atom is 0.111 e.